The molecule has 8 heteroatoms. The fraction of sp³-hybridized carbons (Fsp3) is 0.727. The van der Waals surface area contributed by atoms with Gasteiger partial charge in [-0.05, 0) is 25.7 Å². The monoisotopic (exact) mass is 288 g/mol. The summed E-state index contributed by atoms with van der Waals surface area (Å²) in [5, 5.41) is 6.52. The van der Waals surface area contributed by atoms with E-state index < -0.39 is 10.0 Å². The van der Waals surface area contributed by atoms with E-state index >= 15 is 0 Å². The summed E-state index contributed by atoms with van der Waals surface area (Å²) < 4.78 is 32.2. The van der Waals surface area contributed by atoms with Crippen LogP contribution in [0.4, 0.5) is 0 Å². The van der Waals surface area contributed by atoms with Gasteiger partial charge in [-0.1, -0.05) is 0 Å². The Kier molecular flexibility index (Phi) is 4.56. The van der Waals surface area contributed by atoms with Gasteiger partial charge in [-0.15, -0.1) is 0 Å². The lowest BCUT2D eigenvalue weighted by atomic mass is 10.0. The number of sulfonamides is 1. The predicted molar refractivity (Wildman–Crippen MR) is 69.9 cm³/mol. The van der Waals surface area contributed by atoms with Crippen LogP contribution < -0.4 is 10.5 Å². The molecule has 0 amide bonds. The molecule has 0 atom stereocenters. The molecule has 1 fully saturated rings. The average molecular weight is 288 g/mol. The van der Waals surface area contributed by atoms with Gasteiger partial charge in [-0.3, -0.25) is 5.10 Å². The minimum absolute atomic E-state index is 0.0135. The van der Waals surface area contributed by atoms with E-state index in [0.717, 1.165) is 12.8 Å². The van der Waals surface area contributed by atoms with E-state index in [1.807, 2.05) is 0 Å². The Morgan fingerprint density at radius 1 is 1.47 bits per heavy atom. The normalized spacial score (nSPS) is 17.8. The molecule has 1 aromatic heterocycles. The minimum Gasteiger partial charge on any atom is -0.381 e. The van der Waals surface area contributed by atoms with Crippen molar-refractivity contribution in [2.75, 3.05) is 19.8 Å². The standard InChI is InChI=1S/C11H20N4O3S/c1-8-10(6-12)11(15-14-8)19(16,17)13-7-9-2-4-18-5-3-9/h9,13H,2-7,12H2,1H3,(H,14,15). The topological polar surface area (TPSA) is 110 Å². The summed E-state index contributed by atoms with van der Waals surface area (Å²) >= 11 is 0. The zero-order valence-corrected chi connectivity index (χ0v) is 11.8. The molecule has 0 aromatic carbocycles. The van der Waals surface area contributed by atoms with Gasteiger partial charge in [0.1, 0.15) is 0 Å². The van der Waals surface area contributed by atoms with Gasteiger partial charge in [-0.25, -0.2) is 13.1 Å². The Balaban J connectivity index is 2.05. The number of nitrogens with zero attached hydrogens (tertiary/aromatic N) is 1. The highest BCUT2D eigenvalue weighted by Gasteiger charge is 2.24. The molecule has 7 nitrogen and oxygen atoms in total. The maximum atomic E-state index is 12.2. The molecule has 0 saturated carbocycles. The molecule has 0 unspecified atom stereocenters. The summed E-state index contributed by atoms with van der Waals surface area (Å²) in [6, 6.07) is 0. The highest BCUT2D eigenvalue weighted by atomic mass is 32.2. The Morgan fingerprint density at radius 3 is 2.79 bits per heavy atom. The van der Waals surface area contributed by atoms with Crippen LogP contribution in [0.5, 0.6) is 0 Å². The first-order chi connectivity index (χ1) is 9.04. The van der Waals surface area contributed by atoms with Crippen molar-refractivity contribution in [1.82, 2.24) is 14.9 Å². The van der Waals surface area contributed by atoms with E-state index in [1.54, 1.807) is 6.92 Å². The van der Waals surface area contributed by atoms with Crippen molar-refractivity contribution in [2.45, 2.75) is 31.3 Å². The first-order valence-electron chi connectivity index (χ1n) is 6.36. The molecular formula is C11H20N4O3S. The fourth-order valence-corrected chi connectivity index (χ4v) is 3.46. The molecule has 1 aliphatic rings. The number of rotatable bonds is 5. The third-order valence-corrected chi connectivity index (χ3v) is 4.79. The highest BCUT2D eigenvalue weighted by molar-refractivity contribution is 7.89. The Bertz CT molecular complexity index is 520. The number of hydrogen-bond donors (Lipinski definition) is 3. The quantitative estimate of drug-likeness (QED) is 0.700. The summed E-state index contributed by atoms with van der Waals surface area (Å²) in [5.74, 6) is 0.324. The highest BCUT2D eigenvalue weighted by Crippen LogP contribution is 2.17. The summed E-state index contributed by atoms with van der Waals surface area (Å²) in [6.45, 7) is 3.72. The smallest absolute Gasteiger partial charge is 0.260 e. The van der Waals surface area contributed by atoms with Gasteiger partial charge in [0.15, 0.2) is 5.03 Å². The van der Waals surface area contributed by atoms with Gasteiger partial charge in [0.25, 0.3) is 10.0 Å². The van der Waals surface area contributed by atoms with Gasteiger partial charge in [0.05, 0.1) is 0 Å². The number of hydrogen-bond acceptors (Lipinski definition) is 5. The number of ether oxygens (including phenoxy) is 1. The van der Waals surface area contributed by atoms with E-state index in [0.29, 0.717) is 36.9 Å². The van der Waals surface area contributed by atoms with Gasteiger partial charge >= 0.3 is 0 Å². The SMILES string of the molecule is Cc1[nH]nc(S(=O)(=O)NCC2CCOCC2)c1CN. The summed E-state index contributed by atoms with van der Waals surface area (Å²) in [6.07, 6.45) is 1.76. The number of aryl methyl sites for hydroxylation is 1. The summed E-state index contributed by atoms with van der Waals surface area (Å²) in [5.41, 5.74) is 6.79. The maximum absolute atomic E-state index is 12.2. The largest absolute Gasteiger partial charge is 0.381 e. The Hall–Kier alpha value is -0.960. The molecule has 0 aliphatic carbocycles. The third kappa shape index (κ3) is 3.33. The van der Waals surface area contributed by atoms with Crippen molar-refractivity contribution in [3.63, 3.8) is 0 Å². The fourth-order valence-electron chi connectivity index (χ4n) is 2.14. The lowest BCUT2D eigenvalue weighted by Crippen LogP contribution is -2.33. The Morgan fingerprint density at radius 2 is 2.16 bits per heavy atom. The van der Waals surface area contributed by atoms with E-state index in [1.165, 1.54) is 0 Å². The second-order valence-electron chi connectivity index (χ2n) is 4.74. The molecule has 2 rings (SSSR count). The van der Waals surface area contributed by atoms with Gasteiger partial charge in [-0.2, -0.15) is 5.10 Å². The second-order valence-corrected chi connectivity index (χ2v) is 6.43. The molecule has 0 radical (unpaired) electrons. The molecule has 1 aliphatic heterocycles. The van der Waals surface area contributed by atoms with E-state index in [-0.39, 0.29) is 11.6 Å². The van der Waals surface area contributed by atoms with Crippen molar-refractivity contribution in [3.05, 3.63) is 11.3 Å². The lowest BCUT2D eigenvalue weighted by molar-refractivity contribution is 0.0678. The number of H-pyrrole nitrogens is 1. The molecule has 1 saturated heterocycles. The van der Waals surface area contributed by atoms with Crippen LogP contribution in [0.15, 0.2) is 5.03 Å². The second kappa shape index (κ2) is 6.00. The van der Waals surface area contributed by atoms with Crippen molar-refractivity contribution in [2.24, 2.45) is 11.7 Å². The van der Waals surface area contributed by atoms with Crippen LogP contribution in [0.3, 0.4) is 0 Å². The van der Waals surface area contributed by atoms with Crippen molar-refractivity contribution < 1.29 is 13.2 Å². The molecular weight excluding hydrogens is 268 g/mol. The van der Waals surface area contributed by atoms with Crippen LogP contribution in [-0.2, 0) is 21.3 Å². The minimum atomic E-state index is -3.59. The van der Waals surface area contributed by atoms with E-state index in [9.17, 15) is 8.42 Å². The van der Waals surface area contributed by atoms with Gasteiger partial charge < -0.3 is 10.5 Å². The van der Waals surface area contributed by atoms with Crippen LogP contribution in [-0.4, -0.2) is 38.4 Å². The summed E-state index contributed by atoms with van der Waals surface area (Å²) in [4.78, 5) is 0. The van der Waals surface area contributed by atoms with Gasteiger partial charge in [0, 0.05) is 37.6 Å². The molecule has 0 spiro atoms. The average Bonchev–Trinajstić information content (AvgIpc) is 2.79. The summed E-state index contributed by atoms with van der Waals surface area (Å²) in [7, 11) is -3.59. The first-order valence-corrected chi connectivity index (χ1v) is 7.84. The van der Waals surface area contributed by atoms with Crippen LogP contribution in [0, 0.1) is 12.8 Å². The zero-order valence-electron chi connectivity index (χ0n) is 11.0. The number of aromatic nitrogens is 2. The molecule has 1 aromatic rings. The van der Waals surface area contributed by atoms with Crippen LogP contribution >= 0.6 is 0 Å². The van der Waals surface area contributed by atoms with Crippen molar-refractivity contribution >= 4 is 10.0 Å². The van der Waals surface area contributed by atoms with Crippen LogP contribution in [0.1, 0.15) is 24.1 Å². The number of aromatic amines is 1. The number of nitrogens with one attached hydrogen (secondary N) is 2. The van der Waals surface area contributed by atoms with Gasteiger partial charge in [0.2, 0.25) is 0 Å². The first kappa shape index (κ1) is 14.4. The predicted octanol–water partition coefficient (Wildman–Crippen LogP) is -0.118. The third-order valence-electron chi connectivity index (χ3n) is 3.40. The molecule has 19 heavy (non-hydrogen) atoms. The molecule has 4 N–H and O–H groups in total. The number of nitrogens with two attached hydrogens (primary N) is 1. The van der Waals surface area contributed by atoms with Crippen LogP contribution in [0.2, 0.25) is 0 Å². The zero-order chi connectivity index (χ0) is 13.9. The van der Waals surface area contributed by atoms with Crippen molar-refractivity contribution in [1.29, 1.82) is 0 Å². The molecule has 2 heterocycles. The lowest BCUT2D eigenvalue weighted by Gasteiger charge is -2.21. The Labute approximate surface area is 113 Å². The molecule has 108 valence electrons. The molecule has 0 bridgehead atoms. The van der Waals surface area contributed by atoms with Crippen LogP contribution in [0.25, 0.3) is 0 Å². The van der Waals surface area contributed by atoms with E-state index in [4.69, 9.17) is 10.5 Å². The van der Waals surface area contributed by atoms with Crippen molar-refractivity contribution in [3.8, 4) is 0 Å². The maximum Gasteiger partial charge on any atom is 0.260 e. The van der Waals surface area contributed by atoms with E-state index in [2.05, 4.69) is 14.9 Å².